The number of aryl methyl sites for hydroxylation is 1. The second-order valence-corrected chi connectivity index (χ2v) is 8.23. The van der Waals surface area contributed by atoms with Crippen molar-refractivity contribution < 1.29 is 4.74 Å². The fourth-order valence-corrected chi connectivity index (χ4v) is 4.48. The lowest BCUT2D eigenvalue weighted by atomic mass is 10.0. The molecule has 7 nitrogen and oxygen atoms in total. The lowest BCUT2D eigenvalue weighted by Crippen LogP contribution is -2.38. The van der Waals surface area contributed by atoms with E-state index in [1.54, 1.807) is 0 Å². The van der Waals surface area contributed by atoms with Crippen LogP contribution in [0.15, 0.2) is 41.3 Å². The quantitative estimate of drug-likeness (QED) is 0.695. The molecule has 0 bridgehead atoms. The number of nitrogens with zero attached hydrogens (tertiary/aromatic N) is 3. The summed E-state index contributed by atoms with van der Waals surface area (Å²) in [5.74, 6) is 0.576. The maximum Gasteiger partial charge on any atom is 0.260 e. The van der Waals surface area contributed by atoms with Crippen LogP contribution in [-0.4, -0.2) is 46.9 Å². The lowest BCUT2D eigenvalue weighted by Gasteiger charge is -2.24. The molecular formula is C23H27N5O2. The molecule has 2 saturated heterocycles. The van der Waals surface area contributed by atoms with E-state index in [1.165, 1.54) is 0 Å². The van der Waals surface area contributed by atoms with Gasteiger partial charge in [0, 0.05) is 36.3 Å². The number of aromatic nitrogens is 3. The summed E-state index contributed by atoms with van der Waals surface area (Å²) in [6.07, 6.45) is 4.86. The van der Waals surface area contributed by atoms with Crippen molar-refractivity contribution in [2.45, 2.75) is 38.3 Å². The predicted molar refractivity (Wildman–Crippen MR) is 118 cm³/mol. The van der Waals surface area contributed by atoms with Crippen LogP contribution in [0.5, 0.6) is 0 Å². The second-order valence-electron chi connectivity index (χ2n) is 8.23. The average Bonchev–Trinajstić information content (AvgIpc) is 3.29. The van der Waals surface area contributed by atoms with E-state index in [0.29, 0.717) is 36.4 Å². The van der Waals surface area contributed by atoms with E-state index in [2.05, 4.69) is 15.6 Å². The van der Waals surface area contributed by atoms with Gasteiger partial charge < -0.3 is 15.4 Å². The predicted octanol–water partition coefficient (Wildman–Crippen LogP) is 2.89. The number of nitrogens with one attached hydrogen (secondary N) is 2. The molecular weight excluding hydrogens is 378 g/mol. The highest BCUT2D eigenvalue weighted by atomic mass is 16.5. The van der Waals surface area contributed by atoms with Crippen molar-refractivity contribution in [3.05, 3.63) is 52.4 Å². The van der Waals surface area contributed by atoms with Crippen LogP contribution in [0.3, 0.4) is 0 Å². The zero-order chi connectivity index (χ0) is 20.5. The van der Waals surface area contributed by atoms with E-state index in [0.717, 1.165) is 48.9 Å². The Hall–Kier alpha value is -2.77. The Balaban J connectivity index is 1.64. The van der Waals surface area contributed by atoms with Crippen molar-refractivity contribution in [3.63, 3.8) is 0 Å². The maximum atomic E-state index is 13.6. The number of hydrogen-bond acceptors (Lipinski definition) is 6. The van der Waals surface area contributed by atoms with Crippen LogP contribution in [0, 0.1) is 6.92 Å². The molecule has 4 heterocycles. The summed E-state index contributed by atoms with van der Waals surface area (Å²) < 4.78 is 7.44. The maximum absolute atomic E-state index is 13.6. The Morgan fingerprint density at radius 1 is 1.23 bits per heavy atom. The zero-order valence-electron chi connectivity index (χ0n) is 17.2. The van der Waals surface area contributed by atoms with Crippen LogP contribution in [0.4, 0.5) is 5.95 Å². The third-order valence-corrected chi connectivity index (χ3v) is 6.11. The summed E-state index contributed by atoms with van der Waals surface area (Å²) in [4.78, 5) is 23.0. The smallest absolute Gasteiger partial charge is 0.260 e. The fourth-order valence-electron chi connectivity index (χ4n) is 4.48. The van der Waals surface area contributed by atoms with Gasteiger partial charge >= 0.3 is 0 Å². The molecule has 1 aromatic carbocycles. The van der Waals surface area contributed by atoms with Crippen molar-refractivity contribution in [2.75, 3.05) is 31.6 Å². The number of rotatable bonds is 4. The van der Waals surface area contributed by atoms with Gasteiger partial charge in [-0.1, -0.05) is 24.3 Å². The average molecular weight is 406 g/mol. The second kappa shape index (κ2) is 8.16. The monoisotopic (exact) mass is 405 g/mol. The molecule has 3 aromatic rings. The molecule has 2 N–H and O–H groups in total. The van der Waals surface area contributed by atoms with Gasteiger partial charge in [-0.05, 0) is 49.9 Å². The molecule has 7 heteroatoms. The minimum Gasteiger partial charge on any atom is -0.379 e. The summed E-state index contributed by atoms with van der Waals surface area (Å²) in [5.41, 5.74) is 3.37. The van der Waals surface area contributed by atoms with Gasteiger partial charge in [0.2, 0.25) is 5.95 Å². The summed E-state index contributed by atoms with van der Waals surface area (Å²) in [5, 5.41) is 7.70. The molecule has 2 aromatic heterocycles. The minimum absolute atomic E-state index is 0.0111. The number of piperidine rings is 1. The van der Waals surface area contributed by atoms with Crippen LogP contribution < -0.4 is 16.2 Å². The third-order valence-electron chi connectivity index (χ3n) is 6.11. The number of pyridine rings is 1. The van der Waals surface area contributed by atoms with E-state index in [9.17, 15) is 4.79 Å². The van der Waals surface area contributed by atoms with E-state index in [-0.39, 0.29) is 11.6 Å². The molecule has 2 aliphatic heterocycles. The standard InChI is InChI=1S/C23H27N5O2/c1-15-5-2-3-7-19(15)20-11-16-12-25-23(26-17-6-4-9-24-13-17)27-21(16)28(22(20)29)18-8-10-30-14-18/h2-3,5,7,11-12,17-18,24H,4,6,8-10,13-14H2,1H3,(H,25,26,27)/t17-,18-/m0/s1. The van der Waals surface area contributed by atoms with Crippen molar-refractivity contribution in [3.8, 4) is 11.1 Å². The topological polar surface area (TPSA) is 81.1 Å². The first-order valence-electron chi connectivity index (χ1n) is 10.7. The molecule has 0 amide bonds. The lowest BCUT2D eigenvalue weighted by molar-refractivity contribution is 0.186. The minimum atomic E-state index is -0.0173. The van der Waals surface area contributed by atoms with Gasteiger partial charge in [-0.2, -0.15) is 4.98 Å². The molecule has 156 valence electrons. The molecule has 0 aliphatic carbocycles. The first-order chi connectivity index (χ1) is 14.7. The SMILES string of the molecule is Cc1ccccc1-c1cc2cnc(N[C@H]3CCCNC3)nc2n([C@H]2CCOC2)c1=O. The summed E-state index contributed by atoms with van der Waals surface area (Å²) in [7, 11) is 0. The van der Waals surface area contributed by atoms with E-state index in [4.69, 9.17) is 9.72 Å². The van der Waals surface area contributed by atoms with Crippen molar-refractivity contribution in [1.82, 2.24) is 19.9 Å². The van der Waals surface area contributed by atoms with E-state index < -0.39 is 0 Å². The highest BCUT2D eigenvalue weighted by Crippen LogP contribution is 2.27. The molecule has 30 heavy (non-hydrogen) atoms. The van der Waals surface area contributed by atoms with Gasteiger partial charge in [-0.15, -0.1) is 0 Å². The first-order valence-corrected chi connectivity index (χ1v) is 10.7. The van der Waals surface area contributed by atoms with E-state index in [1.807, 2.05) is 48.0 Å². The van der Waals surface area contributed by atoms with Crippen LogP contribution >= 0.6 is 0 Å². The fraction of sp³-hybridized carbons (Fsp3) is 0.435. The zero-order valence-corrected chi connectivity index (χ0v) is 17.2. The highest BCUT2D eigenvalue weighted by molar-refractivity contribution is 5.82. The molecule has 5 rings (SSSR count). The number of ether oxygens (including phenoxy) is 1. The number of hydrogen-bond donors (Lipinski definition) is 2. The van der Waals surface area contributed by atoms with Crippen LogP contribution in [0.2, 0.25) is 0 Å². The van der Waals surface area contributed by atoms with Gasteiger partial charge in [0.1, 0.15) is 5.65 Å². The summed E-state index contributed by atoms with van der Waals surface area (Å²) in [6.45, 7) is 5.18. The molecule has 0 spiro atoms. The largest absolute Gasteiger partial charge is 0.379 e. The van der Waals surface area contributed by atoms with Gasteiger partial charge in [0.25, 0.3) is 5.56 Å². The number of fused-ring (bicyclic) bond motifs is 1. The number of benzene rings is 1. The molecule has 2 fully saturated rings. The summed E-state index contributed by atoms with van der Waals surface area (Å²) >= 11 is 0. The molecule has 2 aliphatic rings. The van der Waals surface area contributed by atoms with Gasteiger partial charge in [-0.25, -0.2) is 4.98 Å². The highest BCUT2D eigenvalue weighted by Gasteiger charge is 2.24. The number of anilines is 1. The molecule has 0 unspecified atom stereocenters. The molecule has 0 radical (unpaired) electrons. The Kier molecular flexibility index (Phi) is 5.23. The molecule has 2 atom stereocenters. The van der Waals surface area contributed by atoms with Crippen molar-refractivity contribution in [2.24, 2.45) is 0 Å². The van der Waals surface area contributed by atoms with Gasteiger partial charge in [0.15, 0.2) is 0 Å². The molecule has 0 saturated carbocycles. The van der Waals surface area contributed by atoms with Gasteiger partial charge in [0.05, 0.1) is 12.6 Å². The van der Waals surface area contributed by atoms with Crippen LogP contribution in [0.25, 0.3) is 22.2 Å². The van der Waals surface area contributed by atoms with E-state index >= 15 is 0 Å². The Labute approximate surface area is 175 Å². The van der Waals surface area contributed by atoms with Crippen LogP contribution in [-0.2, 0) is 4.74 Å². The Morgan fingerprint density at radius 3 is 2.90 bits per heavy atom. The third kappa shape index (κ3) is 3.59. The van der Waals surface area contributed by atoms with Crippen molar-refractivity contribution >= 4 is 17.0 Å². The Bertz CT molecular complexity index is 1110. The van der Waals surface area contributed by atoms with Crippen LogP contribution in [0.1, 0.15) is 30.9 Å². The first kappa shape index (κ1) is 19.2. The Morgan fingerprint density at radius 2 is 2.13 bits per heavy atom. The normalized spacial score (nSPS) is 21.8. The summed E-state index contributed by atoms with van der Waals surface area (Å²) in [6, 6.07) is 10.2. The van der Waals surface area contributed by atoms with Crippen molar-refractivity contribution in [1.29, 1.82) is 0 Å². The van der Waals surface area contributed by atoms with Gasteiger partial charge in [-0.3, -0.25) is 9.36 Å².